The van der Waals surface area contributed by atoms with Crippen molar-refractivity contribution in [3.63, 3.8) is 0 Å². The molecule has 0 saturated carbocycles. The molecule has 0 radical (unpaired) electrons. The Labute approximate surface area is 174 Å². The molecule has 0 saturated heterocycles. The predicted molar refractivity (Wildman–Crippen MR) is 114 cm³/mol. The van der Waals surface area contributed by atoms with Crippen LogP contribution in [0, 0.1) is 0 Å². The smallest absolute Gasteiger partial charge is 0.242 e. The van der Waals surface area contributed by atoms with Gasteiger partial charge in [0, 0.05) is 11.4 Å². The molecule has 4 N–H and O–H groups in total. The molecule has 0 aliphatic carbocycles. The summed E-state index contributed by atoms with van der Waals surface area (Å²) >= 11 is 1.50. The van der Waals surface area contributed by atoms with Crippen molar-refractivity contribution in [3.05, 3.63) is 46.5 Å². The second-order valence-corrected chi connectivity index (χ2v) is 6.60. The van der Waals surface area contributed by atoms with E-state index in [4.69, 9.17) is 4.42 Å². The lowest BCUT2D eigenvalue weighted by molar-refractivity contribution is -0.119. The van der Waals surface area contributed by atoms with Crippen LogP contribution in [-0.4, -0.2) is 36.6 Å². The molecular formula is C17H25IN4O3S. The molecule has 1 amide bonds. The minimum atomic E-state index is -1.01. The van der Waals surface area contributed by atoms with Gasteiger partial charge in [-0.15, -0.1) is 35.3 Å². The zero-order chi connectivity index (χ0) is 18.1. The van der Waals surface area contributed by atoms with Crippen molar-refractivity contribution < 1.29 is 14.3 Å². The summed E-state index contributed by atoms with van der Waals surface area (Å²) in [5.41, 5.74) is -1.01. The number of aliphatic imine (C=N–C) groups is 1. The van der Waals surface area contributed by atoms with Gasteiger partial charge in [-0.1, -0.05) is 6.07 Å². The van der Waals surface area contributed by atoms with E-state index in [0.29, 0.717) is 24.8 Å². The highest BCUT2D eigenvalue weighted by atomic mass is 127. The molecule has 7 nitrogen and oxygen atoms in total. The lowest BCUT2D eigenvalue weighted by Gasteiger charge is -2.23. The summed E-state index contributed by atoms with van der Waals surface area (Å²) in [7, 11) is 0. The van der Waals surface area contributed by atoms with Gasteiger partial charge >= 0.3 is 0 Å². The number of nitrogens with one attached hydrogen (secondary N) is 3. The van der Waals surface area contributed by atoms with Gasteiger partial charge in [0.05, 0.1) is 19.4 Å². The minimum Gasteiger partial charge on any atom is -0.467 e. The Bertz CT molecular complexity index is 672. The van der Waals surface area contributed by atoms with E-state index in [2.05, 4.69) is 20.9 Å². The third kappa shape index (κ3) is 7.34. The van der Waals surface area contributed by atoms with E-state index in [0.717, 1.165) is 4.88 Å². The van der Waals surface area contributed by atoms with E-state index in [1.165, 1.54) is 11.3 Å². The maximum Gasteiger partial charge on any atom is 0.242 e. The number of carbonyl (C=O) groups is 1. The van der Waals surface area contributed by atoms with Gasteiger partial charge in [-0.3, -0.25) is 4.79 Å². The number of amides is 1. The molecule has 2 heterocycles. The van der Waals surface area contributed by atoms with Crippen LogP contribution in [0.15, 0.2) is 45.3 Å². The molecule has 0 bridgehead atoms. The Morgan fingerprint density at radius 1 is 1.31 bits per heavy atom. The van der Waals surface area contributed by atoms with Crippen LogP contribution in [0.2, 0.25) is 0 Å². The van der Waals surface area contributed by atoms with Crippen molar-refractivity contribution in [3.8, 4) is 0 Å². The fraction of sp³-hybridized carbons (Fsp3) is 0.412. The fourth-order valence-corrected chi connectivity index (χ4v) is 2.86. The highest BCUT2D eigenvalue weighted by molar-refractivity contribution is 14.0. The molecule has 0 fully saturated rings. The lowest BCUT2D eigenvalue weighted by Crippen LogP contribution is -2.44. The van der Waals surface area contributed by atoms with Crippen LogP contribution in [0.25, 0.3) is 0 Å². The Morgan fingerprint density at radius 2 is 2.12 bits per heavy atom. The highest BCUT2D eigenvalue weighted by Gasteiger charge is 2.24. The monoisotopic (exact) mass is 492 g/mol. The van der Waals surface area contributed by atoms with Gasteiger partial charge in [0.2, 0.25) is 5.91 Å². The first-order chi connectivity index (χ1) is 12.0. The molecule has 26 heavy (non-hydrogen) atoms. The summed E-state index contributed by atoms with van der Waals surface area (Å²) in [6.45, 7) is 4.93. The number of furan rings is 1. The number of carbonyl (C=O) groups excluding carboxylic acids is 1. The molecule has 0 aliphatic rings. The van der Waals surface area contributed by atoms with Crippen LogP contribution in [0.5, 0.6) is 0 Å². The third-order valence-electron chi connectivity index (χ3n) is 3.42. The summed E-state index contributed by atoms with van der Waals surface area (Å²) in [5.74, 6) is 0.959. The first-order valence-electron chi connectivity index (χ1n) is 8.09. The number of nitrogens with zero attached hydrogens (tertiary/aromatic N) is 1. The Hall–Kier alpha value is -1.59. The summed E-state index contributed by atoms with van der Waals surface area (Å²) in [4.78, 5) is 17.0. The van der Waals surface area contributed by atoms with E-state index in [9.17, 15) is 9.90 Å². The standard InChI is InChI=1S/C17H24N4O3S.HI/c1-3-18-16(21-12-17(2,23)14-7-5-9-25-14)20-11-15(22)19-10-13-6-4-8-24-13;/h4-9,23H,3,10-12H2,1-2H3,(H,19,22)(H2,18,20,21);1H. The third-order valence-corrected chi connectivity index (χ3v) is 4.54. The van der Waals surface area contributed by atoms with Gasteiger partial charge in [0.15, 0.2) is 5.96 Å². The predicted octanol–water partition coefficient (Wildman–Crippen LogP) is 2.04. The Kier molecular flexibility index (Phi) is 9.66. The fourth-order valence-electron chi connectivity index (χ4n) is 2.08. The van der Waals surface area contributed by atoms with Crippen molar-refractivity contribution in [2.75, 3.05) is 19.6 Å². The van der Waals surface area contributed by atoms with E-state index < -0.39 is 5.60 Å². The number of rotatable bonds is 8. The van der Waals surface area contributed by atoms with E-state index in [1.807, 2.05) is 24.4 Å². The molecule has 2 aromatic heterocycles. The minimum absolute atomic E-state index is 0. The average Bonchev–Trinajstić information content (AvgIpc) is 3.29. The van der Waals surface area contributed by atoms with Crippen LogP contribution >= 0.6 is 35.3 Å². The second kappa shape index (κ2) is 11.2. The van der Waals surface area contributed by atoms with Crippen LogP contribution in [-0.2, 0) is 16.9 Å². The maximum atomic E-state index is 11.9. The number of hydrogen-bond acceptors (Lipinski definition) is 5. The summed E-state index contributed by atoms with van der Waals surface area (Å²) < 4.78 is 5.16. The molecule has 2 rings (SSSR count). The molecule has 1 atom stereocenters. The van der Waals surface area contributed by atoms with E-state index in [1.54, 1.807) is 25.3 Å². The van der Waals surface area contributed by atoms with Gasteiger partial charge < -0.3 is 25.5 Å². The van der Waals surface area contributed by atoms with Crippen molar-refractivity contribution in [1.29, 1.82) is 0 Å². The molecule has 144 valence electrons. The quantitative estimate of drug-likeness (QED) is 0.257. The number of thiophene rings is 1. The topological polar surface area (TPSA) is 98.9 Å². The SMILES string of the molecule is CCNC(=NCC(=O)NCc1ccco1)NCC(C)(O)c1cccs1.I. The van der Waals surface area contributed by atoms with Crippen molar-refractivity contribution in [2.45, 2.75) is 26.0 Å². The molecule has 9 heteroatoms. The summed E-state index contributed by atoms with van der Waals surface area (Å²) in [6, 6.07) is 7.35. The van der Waals surface area contributed by atoms with Crippen LogP contribution in [0.1, 0.15) is 24.5 Å². The van der Waals surface area contributed by atoms with Crippen LogP contribution in [0.4, 0.5) is 0 Å². The summed E-state index contributed by atoms with van der Waals surface area (Å²) in [6.07, 6.45) is 1.56. The maximum absolute atomic E-state index is 11.9. The van der Waals surface area contributed by atoms with Crippen LogP contribution < -0.4 is 16.0 Å². The molecule has 2 aromatic rings. The first-order valence-corrected chi connectivity index (χ1v) is 8.97. The van der Waals surface area contributed by atoms with Gasteiger partial charge in [0.25, 0.3) is 0 Å². The van der Waals surface area contributed by atoms with Gasteiger partial charge in [-0.05, 0) is 37.4 Å². The highest BCUT2D eigenvalue weighted by Crippen LogP contribution is 2.24. The number of aliphatic hydroxyl groups is 1. The van der Waals surface area contributed by atoms with Crippen LogP contribution in [0.3, 0.4) is 0 Å². The van der Waals surface area contributed by atoms with Gasteiger partial charge in [-0.2, -0.15) is 0 Å². The normalized spacial score (nSPS) is 13.4. The van der Waals surface area contributed by atoms with Crippen molar-refractivity contribution in [2.24, 2.45) is 4.99 Å². The molecule has 0 aromatic carbocycles. The Morgan fingerprint density at radius 3 is 2.73 bits per heavy atom. The largest absolute Gasteiger partial charge is 0.467 e. The number of halogens is 1. The first kappa shape index (κ1) is 22.5. The van der Waals surface area contributed by atoms with Crippen molar-refractivity contribution in [1.82, 2.24) is 16.0 Å². The lowest BCUT2D eigenvalue weighted by atomic mass is 10.1. The van der Waals surface area contributed by atoms with Gasteiger partial charge in [0.1, 0.15) is 17.9 Å². The molecule has 1 unspecified atom stereocenters. The number of hydrogen-bond donors (Lipinski definition) is 4. The van der Waals surface area contributed by atoms with E-state index in [-0.39, 0.29) is 43.0 Å². The average molecular weight is 492 g/mol. The van der Waals surface area contributed by atoms with Gasteiger partial charge in [-0.25, -0.2) is 4.99 Å². The second-order valence-electron chi connectivity index (χ2n) is 5.66. The zero-order valence-corrected chi connectivity index (χ0v) is 18.0. The molecule has 0 aliphatic heterocycles. The van der Waals surface area contributed by atoms with E-state index >= 15 is 0 Å². The van der Waals surface area contributed by atoms with Crippen molar-refractivity contribution >= 4 is 47.2 Å². The number of guanidine groups is 1. The molecule has 0 spiro atoms. The summed E-state index contributed by atoms with van der Waals surface area (Å²) in [5, 5.41) is 21.3. The Balaban J connectivity index is 0.00000338. The zero-order valence-electron chi connectivity index (χ0n) is 14.8. The molecular weight excluding hydrogens is 467 g/mol.